The highest BCUT2D eigenvalue weighted by Gasteiger charge is 2.36. The maximum absolute atomic E-state index is 13.4. The molecule has 0 aliphatic carbocycles. The zero-order valence-electron chi connectivity index (χ0n) is 30.1. The summed E-state index contributed by atoms with van der Waals surface area (Å²) in [4.78, 5) is 26.3. The average Bonchev–Trinajstić information content (AvgIpc) is 3.18. The van der Waals surface area contributed by atoms with Crippen molar-refractivity contribution in [3.8, 4) is 28.4 Å². The Bertz CT molecular complexity index is 2160. The zero-order valence-corrected chi connectivity index (χ0v) is 30.1. The highest BCUT2D eigenvalue weighted by atomic mass is 16.5. The highest BCUT2D eigenvalue weighted by Crippen LogP contribution is 2.41. The molecule has 0 atom stereocenters. The Morgan fingerprint density at radius 2 is 1.21 bits per heavy atom. The number of unbranched alkanes of at least 4 members (excludes halogenated alkanes) is 3. The molecular formula is C46H44O7. The molecule has 1 aliphatic rings. The lowest BCUT2D eigenvalue weighted by molar-refractivity contribution is -0.150. The minimum absolute atomic E-state index is 0.245. The lowest BCUT2D eigenvalue weighted by Crippen LogP contribution is -2.45. The molecule has 0 saturated carbocycles. The van der Waals surface area contributed by atoms with Crippen LogP contribution in [0.4, 0.5) is 0 Å². The first kappa shape index (κ1) is 35.9. The standard InChI is InChI=1S/C46H44O7/c1-2-46(31-50-32-46)30-49-28-9-3-4-10-29-51-37-23-18-35(19-24-37)44(47)52-38-25-20-36(21-26-38)45(48)53-42-27-22-34-13-6-8-16-40(34)43(42)41-17-11-14-33-12-5-7-15-39(33)41/h5-8,11-27H,2-4,9-10,28-32H2,1H3. The monoisotopic (exact) mass is 708 g/mol. The molecule has 7 rings (SSSR count). The Hall–Kier alpha value is -5.50. The summed E-state index contributed by atoms with van der Waals surface area (Å²) in [5.74, 6) is 0.481. The lowest BCUT2D eigenvalue weighted by Gasteiger charge is -2.40. The van der Waals surface area contributed by atoms with Gasteiger partial charge >= 0.3 is 11.9 Å². The van der Waals surface area contributed by atoms with Crippen molar-refractivity contribution in [3.63, 3.8) is 0 Å². The summed E-state index contributed by atoms with van der Waals surface area (Å²) in [6.45, 7) is 6.03. The van der Waals surface area contributed by atoms with Gasteiger partial charge in [-0.15, -0.1) is 0 Å². The first-order valence-corrected chi connectivity index (χ1v) is 18.4. The molecule has 1 saturated heterocycles. The summed E-state index contributed by atoms with van der Waals surface area (Å²) in [6.07, 6.45) is 5.27. The van der Waals surface area contributed by atoms with E-state index in [4.69, 9.17) is 23.7 Å². The molecule has 7 heteroatoms. The molecule has 1 heterocycles. The van der Waals surface area contributed by atoms with Crippen molar-refractivity contribution in [2.24, 2.45) is 5.41 Å². The summed E-state index contributed by atoms with van der Waals surface area (Å²) in [5, 5.41) is 4.21. The number of ether oxygens (including phenoxy) is 5. The van der Waals surface area contributed by atoms with E-state index >= 15 is 0 Å². The third-order valence-corrected chi connectivity index (χ3v) is 9.97. The summed E-state index contributed by atoms with van der Waals surface area (Å²) < 4.78 is 28.8. The van der Waals surface area contributed by atoms with Crippen LogP contribution in [0.15, 0.2) is 127 Å². The van der Waals surface area contributed by atoms with Gasteiger partial charge in [0.1, 0.15) is 17.2 Å². The predicted octanol–water partition coefficient (Wildman–Crippen LogP) is 10.5. The van der Waals surface area contributed by atoms with Crippen molar-refractivity contribution in [3.05, 3.63) is 139 Å². The van der Waals surface area contributed by atoms with Crippen LogP contribution >= 0.6 is 0 Å². The number of hydrogen-bond acceptors (Lipinski definition) is 7. The number of esters is 2. The van der Waals surface area contributed by atoms with Gasteiger partial charge < -0.3 is 23.7 Å². The number of benzene rings is 6. The van der Waals surface area contributed by atoms with Gasteiger partial charge in [0.2, 0.25) is 0 Å². The Kier molecular flexibility index (Phi) is 11.4. The minimum atomic E-state index is -0.510. The maximum atomic E-state index is 13.4. The van der Waals surface area contributed by atoms with Gasteiger partial charge in [0, 0.05) is 17.6 Å². The number of carbonyl (C=O) groups excluding carboxylic acids is 2. The third kappa shape index (κ3) is 8.60. The predicted molar refractivity (Wildman–Crippen MR) is 208 cm³/mol. The van der Waals surface area contributed by atoms with E-state index < -0.39 is 11.9 Å². The average molecular weight is 709 g/mol. The van der Waals surface area contributed by atoms with E-state index in [-0.39, 0.29) is 5.41 Å². The van der Waals surface area contributed by atoms with E-state index in [9.17, 15) is 9.59 Å². The van der Waals surface area contributed by atoms with Crippen molar-refractivity contribution >= 4 is 33.5 Å². The fourth-order valence-electron chi connectivity index (χ4n) is 6.65. The number of fused-ring (bicyclic) bond motifs is 2. The molecule has 1 aliphatic heterocycles. The Morgan fingerprint density at radius 3 is 1.89 bits per heavy atom. The second-order valence-electron chi connectivity index (χ2n) is 13.7. The fraction of sp³-hybridized carbons (Fsp3) is 0.261. The molecule has 0 aromatic heterocycles. The lowest BCUT2D eigenvalue weighted by atomic mass is 9.84. The van der Waals surface area contributed by atoms with Crippen LogP contribution in [0.1, 0.15) is 59.7 Å². The molecule has 53 heavy (non-hydrogen) atoms. The molecular weight excluding hydrogens is 664 g/mol. The van der Waals surface area contributed by atoms with Crippen LogP contribution in [0.5, 0.6) is 17.2 Å². The van der Waals surface area contributed by atoms with Gasteiger partial charge in [0.15, 0.2) is 0 Å². The number of hydrogen-bond donors (Lipinski definition) is 0. The van der Waals surface area contributed by atoms with Crippen molar-refractivity contribution < 1.29 is 33.3 Å². The van der Waals surface area contributed by atoms with Gasteiger partial charge in [-0.25, -0.2) is 9.59 Å². The van der Waals surface area contributed by atoms with Crippen LogP contribution in [-0.2, 0) is 9.47 Å². The Balaban J connectivity index is 0.902. The molecule has 0 radical (unpaired) electrons. The van der Waals surface area contributed by atoms with Crippen LogP contribution < -0.4 is 14.2 Å². The molecule has 0 spiro atoms. The van der Waals surface area contributed by atoms with E-state index in [1.165, 1.54) is 0 Å². The maximum Gasteiger partial charge on any atom is 0.343 e. The molecule has 1 fully saturated rings. The summed E-state index contributed by atoms with van der Waals surface area (Å²) in [5.41, 5.74) is 2.82. The first-order valence-electron chi connectivity index (χ1n) is 18.4. The molecule has 7 nitrogen and oxygen atoms in total. The van der Waals surface area contributed by atoms with Crippen LogP contribution in [0, 0.1) is 5.41 Å². The van der Waals surface area contributed by atoms with Gasteiger partial charge in [-0.1, -0.05) is 86.1 Å². The topological polar surface area (TPSA) is 80.3 Å². The molecule has 6 aromatic carbocycles. The van der Waals surface area contributed by atoms with Crippen molar-refractivity contribution in [1.82, 2.24) is 0 Å². The van der Waals surface area contributed by atoms with Crippen LogP contribution in [0.2, 0.25) is 0 Å². The van der Waals surface area contributed by atoms with Crippen LogP contribution in [-0.4, -0.2) is 45.0 Å². The highest BCUT2D eigenvalue weighted by molar-refractivity contribution is 6.08. The first-order chi connectivity index (χ1) is 26.0. The van der Waals surface area contributed by atoms with E-state index in [1.807, 2.05) is 54.6 Å². The Labute approximate surface area is 310 Å². The summed E-state index contributed by atoms with van der Waals surface area (Å²) in [6, 6.07) is 39.5. The minimum Gasteiger partial charge on any atom is -0.494 e. The largest absolute Gasteiger partial charge is 0.494 e. The van der Waals surface area contributed by atoms with Crippen molar-refractivity contribution in [1.29, 1.82) is 0 Å². The normalized spacial score (nSPS) is 13.4. The van der Waals surface area contributed by atoms with Gasteiger partial charge in [0.25, 0.3) is 0 Å². The van der Waals surface area contributed by atoms with Gasteiger partial charge in [-0.2, -0.15) is 0 Å². The van der Waals surface area contributed by atoms with E-state index in [2.05, 4.69) is 31.2 Å². The van der Waals surface area contributed by atoms with Gasteiger partial charge in [0.05, 0.1) is 37.6 Å². The molecule has 0 bridgehead atoms. The van der Waals surface area contributed by atoms with E-state index in [0.29, 0.717) is 35.0 Å². The fourth-order valence-corrected chi connectivity index (χ4v) is 6.65. The van der Waals surface area contributed by atoms with Crippen LogP contribution in [0.3, 0.4) is 0 Å². The molecule has 0 unspecified atom stereocenters. The smallest absolute Gasteiger partial charge is 0.343 e. The number of carbonyl (C=O) groups is 2. The van der Waals surface area contributed by atoms with Crippen molar-refractivity contribution in [2.45, 2.75) is 39.0 Å². The van der Waals surface area contributed by atoms with E-state index in [0.717, 1.165) is 91.2 Å². The summed E-state index contributed by atoms with van der Waals surface area (Å²) in [7, 11) is 0. The number of rotatable bonds is 16. The quantitative estimate of drug-likeness (QED) is 0.0562. The van der Waals surface area contributed by atoms with Crippen LogP contribution in [0.25, 0.3) is 32.7 Å². The molecule has 270 valence electrons. The Morgan fingerprint density at radius 1 is 0.604 bits per heavy atom. The molecule has 0 amide bonds. The second-order valence-corrected chi connectivity index (χ2v) is 13.7. The zero-order chi connectivity index (χ0) is 36.5. The van der Waals surface area contributed by atoms with Gasteiger partial charge in [-0.05, 0) is 107 Å². The van der Waals surface area contributed by atoms with Crippen molar-refractivity contribution in [2.75, 3.05) is 33.0 Å². The van der Waals surface area contributed by atoms with E-state index in [1.54, 1.807) is 48.5 Å². The second kappa shape index (κ2) is 16.9. The summed E-state index contributed by atoms with van der Waals surface area (Å²) >= 11 is 0. The molecule has 6 aromatic rings. The third-order valence-electron chi connectivity index (χ3n) is 9.97. The molecule has 0 N–H and O–H groups in total. The SMILES string of the molecule is CCC1(COCCCCCCOc2ccc(C(=O)Oc3ccc(C(=O)Oc4ccc5ccccc5c4-c4cccc5ccccc45)cc3)cc2)COC1. The van der Waals surface area contributed by atoms with Gasteiger partial charge in [-0.3, -0.25) is 0 Å².